The van der Waals surface area contributed by atoms with Gasteiger partial charge in [0.25, 0.3) is 5.91 Å². The van der Waals surface area contributed by atoms with E-state index >= 15 is 0 Å². The molecule has 0 bridgehead atoms. The largest absolute Gasteiger partial charge is 0.478 e. The number of ether oxygens (including phenoxy) is 1. The van der Waals surface area contributed by atoms with Gasteiger partial charge in [0.1, 0.15) is 5.69 Å². The van der Waals surface area contributed by atoms with Gasteiger partial charge in [-0.15, -0.1) is 0 Å². The predicted octanol–water partition coefficient (Wildman–Crippen LogP) is 1.32. The van der Waals surface area contributed by atoms with Gasteiger partial charge in [-0.05, 0) is 32.9 Å². The van der Waals surface area contributed by atoms with E-state index in [1.54, 1.807) is 0 Å². The molecule has 0 aliphatic heterocycles. The number of nitrogens with one attached hydrogen (secondary N) is 1. The van der Waals surface area contributed by atoms with Crippen LogP contribution in [0.2, 0.25) is 0 Å². The molecule has 2 N–H and O–H groups in total. The predicted molar refractivity (Wildman–Crippen MR) is 69.2 cm³/mol. The van der Waals surface area contributed by atoms with E-state index in [-0.39, 0.29) is 17.2 Å². The second-order valence-electron chi connectivity index (χ2n) is 4.61. The molecule has 0 fully saturated rings. The van der Waals surface area contributed by atoms with Gasteiger partial charge in [0.15, 0.2) is 0 Å². The van der Waals surface area contributed by atoms with Gasteiger partial charge < -0.3 is 15.2 Å². The molecule has 6 heteroatoms. The Morgan fingerprint density at radius 3 is 2.58 bits per heavy atom. The number of carbonyl (C=O) groups excluding carboxylic acids is 1. The smallest absolute Gasteiger partial charge is 0.337 e. The minimum Gasteiger partial charge on any atom is -0.478 e. The highest BCUT2D eigenvalue weighted by atomic mass is 16.5. The normalized spacial score (nSPS) is 11.1. The quantitative estimate of drug-likeness (QED) is 0.810. The molecule has 0 atom stereocenters. The van der Waals surface area contributed by atoms with Crippen molar-refractivity contribution < 1.29 is 19.4 Å². The summed E-state index contributed by atoms with van der Waals surface area (Å²) in [6.45, 7) is 6.54. The van der Waals surface area contributed by atoms with Crippen molar-refractivity contribution in [1.29, 1.82) is 0 Å². The van der Waals surface area contributed by atoms with Gasteiger partial charge >= 0.3 is 5.97 Å². The lowest BCUT2D eigenvalue weighted by atomic mass is 10.1. The second kappa shape index (κ2) is 6.29. The number of hydrogen-bond acceptors (Lipinski definition) is 4. The zero-order valence-corrected chi connectivity index (χ0v) is 11.3. The zero-order chi connectivity index (χ0) is 14.5. The van der Waals surface area contributed by atoms with E-state index in [9.17, 15) is 9.59 Å². The van der Waals surface area contributed by atoms with E-state index in [0.717, 1.165) is 6.20 Å². The van der Waals surface area contributed by atoms with Crippen LogP contribution in [0, 0.1) is 0 Å². The number of aromatic carboxylic acids is 1. The highest BCUT2D eigenvalue weighted by Crippen LogP contribution is 2.07. The van der Waals surface area contributed by atoms with Crippen molar-refractivity contribution >= 4 is 11.9 Å². The number of nitrogens with zero attached hydrogens (tertiary/aromatic N) is 1. The number of amides is 1. The van der Waals surface area contributed by atoms with Crippen molar-refractivity contribution in [3.05, 3.63) is 29.6 Å². The molecule has 6 nitrogen and oxygen atoms in total. The van der Waals surface area contributed by atoms with Gasteiger partial charge in [0, 0.05) is 19.3 Å². The van der Waals surface area contributed by atoms with Gasteiger partial charge in [0.2, 0.25) is 0 Å². The van der Waals surface area contributed by atoms with Crippen LogP contribution in [0.15, 0.2) is 18.3 Å². The maximum atomic E-state index is 11.8. The highest BCUT2D eigenvalue weighted by molar-refractivity contribution is 5.93. The third kappa shape index (κ3) is 4.67. The maximum Gasteiger partial charge on any atom is 0.337 e. The van der Waals surface area contributed by atoms with E-state index in [1.807, 2.05) is 20.8 Å². The lowest BCUT2D eigenvalue weighted by Crippen LogP contribution is -2.40. The molecule has 1 amide bonds. The summed E-state index contributed by atoms with van der Waals surface area (Å²) in [4.78, 5) is 26.3. The van der Waals surface area contributed by atoms with Crippen LogP contribution in [0.4, 0.5) is 0 Å². The summed E-state index contributed by atoms with van der Waals surface area (Å²) in [5.41, 5.74) is -0.228. The fourth-order valence-corrected chi connectivity index (χ4v) is 1.48. The Labute approximate surface area is 111 Å². The van der Waals surface area contributed by atoms with E-state index < -0.39 is 11.6 Å². The fraction of sp³-hybridized carbons (Fsp3) is 0.462. The molecule has 1 heterocycles. The molecule has 0 spiro atoms. The Kier molecular flexibility index (Phi) is 5.00. The maximum absolute atomic E-state index is 11.8. The molecule has 19 heavy (non-hydrogen) atoms. The summed E-state index contributed by atoms with van der Waals surface area (Å²) in [7, 11) is 0. The molecule has 1 rings (SSSR count). The number of hydrogen-bond donors (Lipinski definition) is 2. The number of pyridine rings is 1. The van der Waals surface area contributed by atoms with Crippen LogP contribution >= 0.6 is 0 Å². The summed E-state index contributed by atoms with van der Waals surface area (Å²) < 4.78 is 5.45. The van der Waals surface area contributed by atoms with E-state index in [4.69, 9.17) is 9.84 Å². The van der Waals surface area contributed by atoms with Crippen LogP contribution < -0.4 is 5.32 Å². The number of carboxylic acids is 1. The third-order valence-corrected chi connectivity index (χ3v) is 2.45. The number of rotatable bonds is 6. The summed E-state index contributed by atoms with van der Waals surface area (Å²) in [6, 6.07) is 2.73. The topological polar surface area (TPSA) is 88.5 Å². The van der Waals surface area contributed by atoms with Crippen molar-refractivity contribution in [1.82, 2.24) is 10.3 Å². The molecule has 104 valence electrons. The van der Waals surface area contributed by atoms with Crippen molar-refractivity contribution in [2.75, 3.05) is 13.2 Å². The molecule has 0 aliphatic rings. The van der Waals surface area contributed by atoms with Crippen LogP contribution in [0.25, 0.3) is 0 Å². The number of aromatic nitrogens is 1. The minimum absolute atomic E-state index is 0.0474. The first-order valence-corrected chi connectivity index (χ1v) is 5.97. The van der Waals surface area contributed by atoms with Crippen LogP contribution in [0.5, 0.6) is 0 Å². The molecule has 0 saturated heterocycles. The first kappa shape index (κ1) is 15.1. The summed E-state index contributed by atoms with van der Waals surface area (Å²) in [5, 5.41) is 11.4. The third-order valence-electron chi connectivity index (χ3n) is 2.45. The first-order chi connectivity index (χ1) is 8.85. The Hall–Kier alpha value is -1.95. The molecule has 0 radical (unpaired) electrons. The molecule has 1 aromatic heterocycles. The SMILES string of the molecule is CCOC(C)(C)CNC(=O)c1ccc(C(=O)O)cn1. The lowest BCUT2D eigenvalue weighted by Gasteiger charge is -2.24. The molecular formula is C13H18N2O4. The van der Waals surface area contributed by atoms with Crippen molar-refractivity contribution in [3.8, 4) is 0 Å². The number of carbonyl (C=O) groups is 2. The number of carboxylic acid groups (broad SMARTS) is 1. The van der Waals surface area contributed by atoms with E-state index in [1.165, 1.54) is 12.1 Å². The average Bonchev–Trinajstić information content (AvgIpc) is 2.36. The van der Waals surface area contributed by atoms with Crippen molar-refractivity contribution in [3.63, 3.8) is 0 Å². The van der Waals surface area contributed by atoms with Crippen LogP contribution in [-0.2, 0) is 4.74 Å². The lowest BCUT2D eigenvalue weighted by molar-refractivity contribution is -0.00818. The zero-order valence-electron chi connectivity index (χ0n) is 11.3. The van der Waals surface area contributed by atoms with Crippen LogP contribution in [-0.4, -0.2) is 40.7 Å². The molecular weight excluding hydrogens is 248 g/mol. The molecule has 0 unspecified atom stereocenters. The fourth-order valence-electron chi connectivity index (χ4n) is 1.48. The van der Waals surface area contributed by atoms with Crippen LogP contribution in [0.1, 0.15) is 41.6 Å². The summed E-state index contributed by atoms with van der Waals surface area (Å²) in [5.74, 6) is -1.43. The average molecular weight is 266 g/mol. The Morgan fingerprint density at radius 1 is 1.42 bits per heavy atom. The van der Waals surface area contributed by atoms with Gasteiger partial charge in [-0.25, -0.2) is 4.79 Å². The van der Waals surface area contributed by atoms with Gasteiger partial charge in [-0.1, -0.05) is 0 Å². The Balaban J connectivity index is 2.61. The molecule has 0 aromatic carbocycles. The van der Waals surface area contributed by atoms with Crippen molar-refractivity contribution in [2.24, 2.45) is 0 Å². The molecule has 0 saturated carbocycles. The van der Waals surface area contributed by atoms with Gasteiger partial charge in [0.05, 0.1) is 11.2 Å². The molecule has 0 aliphatic carbocycles. The van der Waals surface area contributed by atoms with E-state index in [0.29, 0.717) is 13.2 Å². The highest BCUT2D eigenvalue weighted by Gasteiger charge is 2.19. The monoisotopic (exact) mass is 266 g/mol. The van der Waals surface area contributed by atoms with Crippen molar-refractivity contribution in [2.45, 2.75) is 26.4 Å². The van der Waals surface area contributed by atoms with Crippen LogP contribution in [0.3, 0.4) is 0 Å². The standard InChI is InChI=1S/C13H18N2O4/c1-4-19-13(2,3)8-15-11(16)10-6-5-9(7-14-10)12(17)18/h5-7H,4,8H2,1-3H3,(H,15,16)(H,17,18). The van der Waals surface area contributed by atoms with Gasteiger partial charge in [-0.2, -0.15) is 0 Å². The first-order valence-electron chi connectivity index (χ1n) is 5.97. The molecule has 1 aromatic rings. The Bertz CT molecular complexity index is 454. The van der Waals surface area contributed by atoms with E-state index in [2.05, 4.69) is 10.3 Å². The minimum atomic E-state index is -1.07. The summed E-state index contributed by atoms with van der Waals surface area (Å²) in [6.07, 6.45) is 1.16. The summed E-state index contributed by atoms with van der Waals surface area (Å²) >= 11 is 0. The van der Waals surface area contributed by atoms with Gasteiger partial charge in [-0.3, -0.25) is 9.78 Å². The Morgan fingerprint density at radius 2 is 2.11 bits per heavy atom. The second-order valence-corrected chi connectivity index (χ2v) is 4.61.